The van der Waals surface area contributed by atoms with E-state index in [4.69, 9.17) is 9.47 Å². The fourth-order valence-corrected chi connectivity index (χ4v) is 13.3. The Labute approximate surface area is 325 Å². The van der Waals surface area contributed by atoms with Crippen LogP contribution in [-0.4, -0.2) is 102 Å². The van der Waals surface area contributed by atoms with Crippen molar-refractivity contribution < 1.29 is 24.2 Å². The number of nitrogens with one attached hydrogen (secondary N) is 1. The van der Waals surface area contributed by atoms with Crippen LogP contribution in [0.5, 0.6) is 0 Å². The molecular weight excluding hydrogens is 689 g/mol. The first-order chi connectivity index (χ1) is 26.4. The molecule has 6 aliphatic rings. The van der Waals surface area contributed by atoms with Crippen LogP contribution in [0.2, 0.25) is 0 Å². The summed E-state index contributed by atoms with van der Waals surface area (Å²) in [6.07, 6.45) is 11.0. The van der Waals surface area contributed by atoms with Crippen molar-refractivity contribution in [2.24, 2.45) is 11.3 Å². The fourth-order valence-electron chi connectivity index (χ4n) is 13.3. The van der Waals surface area contributed by atoms with Crippen LogP contribution in [0.3, 0.4) is 0 Å². The Bertz CT molecular complexity index is 2140. The second-order valence-corrected chi connectivity index (χ2v) is 17.6. The molecule has 2 fully saturated rings. The molecule has 1 spiro atoms. The SMILES string of the molecule is CCC1=C[C@@H]2CN(CCc3c([nH]c4ccccc34)[C@@](CC)(c3cc4c(cc3C)N(C)C3[C@]45CCN4CC=C[C@@](CC)([C@@H](OC(C)=O)[C@]3(O)C(=O)OC)[C@H]45)C2)C1. The van der Waals surface area contributed by atoms with Crippen molar-refractivity contribution >= 4 is 28.5 Å². The molecule has 292 valence electrons. The van der Waals surface area contributed by atoms with Crippen molar-refractivity contribution in [2.75, 3.05) is 51.8 Å². The molecule has 1 aliphatic carbocycles. The zero-order valence-corrected chi connectivity index (χ0v) is 33.7. The second kappa shape index (κ2) is 12.8. The van der Waals surface area contributed by atoms with Crippen LogP contribution >= 0.6 is 0 Å². The van der Waals surface area contributed by atoms with E-state index < -0.39 is 40.5 Å². The Morgan fingerprint density at radius 1 is 1.05 bits per heavy atom. The summed E-state index contributed by atoms with van der Waals surface area (Å²) in [4.78, 5) is 38.7. The van der Waals surface area contributed by atoms with E-state index in [0.717, 1.165) is 70.5 Å². The number of esters is 2. The quantitative estimate of drug-likeness (QED) is 0.223. The van der Waals surface area contributed by atoms with Crippen LogP contribution < -0.4 is 4.90 Å². The van der Waals surface area contributed by atoms with E-state index in [-0.39, 0.29) is 11.5 Å². The van der Waals surface area contributed by atoms with Crippen LogP contribution in [0, 0.1) is 18.3 Å². The van der Waals surface area contributed by atoms with E-state index in [9.17, 15) is 14.7 Å². The Kier molecular flexibility index (Phi) is 8.54. The maximum atomic E-state index is 14.3. The van der Waals surface area contributed by atoms with Crippen molar-refractivity contribution in [2.45, 2.75) is 108 Å². The maximum Gasteiger partial charge on any atom is 0.344 e. The number of nitrogens with zero attached hydrogens (tertiary/aromatic N) is 3. The molecule has 0 radical (unpaired) electrons. The number of para-hydroxylation sites is 1. The molecule has 2 aromatic carbocycles. The lowest BCUT2D eigenvalue weighted by atomic mass is 9.47. The molecule has 9 nitrogen and oxygen atoms in total. The highest BCUT2D eigenvalue weighted by Crippen LogP contribution is 2.68. The largest absolute Gasteiger partial charge is 0.467 e. The molecule has 9 atom stereocenters. The average molecular weight is 747 g/mol. The molecule has 9 heteroatoms. The van der Waals surface area contributed by atoms with Crippen LogP contribution in [-0.2, 0) is 36.3 Å². The minimum Gasteiger partial charge on any atom is -0.467 e. The lowest BCUT2D eigenvalue weighted by molar-refractivity contribution is -0.228. The lowest BCUT2D eigenvalue weighted by Gasteiger charge is -2.63. The van der Waals surface area contributed by atoms with Gasteiger partial charge in [-0.15, -0.1) is 0 Å². The molecule has 1 aromatic heterocycles. The Balaban J connectivity index is 1.33. The smallest absolute Gasteiger partial charge is 0.344 e. The van der Waals surface area contributed by atoms with Crippen molar-refractivity contribution in [1.82, 2.24) is 14.8 Å². The summed E-state index contributed by atoms with van der Waals surface area (Å²) in [6.45, 7) is 15.1. The topological polar surface area (TPSA) is 98.3 Å². The van der Waals surface area contributed by atoms with Gasteiger partial charge >= 0.3 is 11.9 Å². The first-order valence-electron chi connectivity index (χ1n) is 20.7. The first kappa shape index (κ1) is 36.7. The monoisotopic (exact) mass is 746 g/mol. The Hall–Kier alpha value is -3.92. The van der Waals surface area contributed by atoms with Gasteiger partial charge in [0.25, 0.3) is 0 Å². The van der Waals surface area contributed by atoms with Gasteiger partial charge in [0, 0.05) is 84.7 Å². The van der Waals surface area contributed by atoms with Gasteiger partial charge < -0.3 is 24.5 Å². The summed E-state index contributed by atoms with van der Waals surface area (Å²) in [6, 6.07) is 12.8. The normalized spacial score (nSPS) is 36.2. The fraction of sp³-hybridized carbons (Fsp3) is 0.565. The van der Waals surface area contributed by atoms with Gasteiger partial charge in [-0.2, -0.15) is 0 Å². The summed E-state index contributed by atoms with van der Waals surface area (Å²) in [5.41, 5.74) is 6.28. The van der Waals surface area contributed by atoms with Gasteiger partial charge in [0.1, 0.15) is 0 Å². The zero-order chi connectivity index (χ0) is 38.7. The van der Waals surface area contributed by atoms with E-state index in [1.165, 1.54) is 58.5 Å². The number of benzene rings is 2. The van der Waals surface area contributed by atoms with Crippen molar-refractivity contribution in [3.05, 3.63) is 88.1 Å². The van der Waals surface area contributed by atoms with Gasteiger partial charge in [0.2, 0.25) is 5.60 Å². The van der Waals surface area contributed by atoms with Crippen LogP contribution in [0.15, 0.2) is 60.2 Å². The summed E-state index contributed by atoms with van der Waals surface area (Å²) >= 11 is 0. The highest BCUT2D eigenvalue weighted by atomic mass is 16.6. The number of H-pyrrole nitrogens is 1. The van der Waals surface area contributed by atoms with E-state index in [0.29, 0.717) is 12.3 Å². The number of hydrogen-bond donors (Lipinski definition) is 2. The number of anilines is 1. The molecule has 6 heterocycles. The third-order valence-electron chi connectivity index (χ3n) is 15.3. The molecule has 5 aliphatic heterocycles. The average Bonchev–Trinajstić information content (AvgIpc) is 3.84. The van der Waals surface area contributed by atoms with Crippen molar-refractivity contribution in [3.63, 3.8) is 0 Å². The maximum absolute atomic E-state index is 14.3. The molecule has 2 bridgehead atoms. The number of fused-ring (bicyclic) bond motifs is 6. The summed E-state index contributed by atoms with van der Waals surface area (Å²) in [5, 5.41) is 14.6. The third-order valence-corrected chi connectivity index (χ3v) is 15.3. The molecular formula is C46H58N4O5. The van der Waals surface area contributed by atoms with Gasteiger partial charge in [0.15, 0.2) is 6.10 Å². The predicted molar refractivity (Wildman–Crippen MR) is 215 cm³/mol. The zero-order valence-electron chi connectivity index (χ0n) is 33.7. The molecule has 9 rings (SSSR count). The molecule has 2 unspecified atom stereocenters. The summed E-state index contributed by atoms with van der Waals surface area (Å²) < 4.78 is 11.7. The van der Waals surface area contributed by atoms with Gasteiger partial charge in [-0.05, 0) is 92.3 Å². The van der Waals surface area contributed by atoms with Crippen molar-refractivity contribution in [3.8, 4) is 0 Å². The Morgan fingerprint density at radius 2 is 1.85 bits per heavy atom. The van der Waals surface area contributed by atoms with Crippen LogP contribution in [0.4, 0.5) is 5.69 Å². The minimum absolute atomic E-state index is 0.114. The van der Waals surface area contributed by atoms with E-state index >= 15 is 0 Å². The van der Waals surface area contributed by atoms with Gasteiger partial charge in [-0.3, -0.25) is 14.6 Å². The number of likely N-dealkylation sites (N-methyl/N-ethyl adjacent to an activating group) is 1. The van der Waals surface area contributed by atoms with Crippen molar-refractivity contribution in [1.29, 1.82) is 0 Å². The number of ether oxygens (including phenoxy) is 2. The van der Waals surface area contributed by atoms with E-state index in [2.05, 4.69) is 102 Å². The number of aryl methyl sites for hydroxylation is 1. The Morgan fingerprint density at radius 3 is 2.58 bits per heavy atom. The molecule has 0 amide bonds. The minimum atomic E-state index is -2.13. The van der Waals surface area contributed by atoms with Gasteiger partial charge in [-0.25, -0.2) is 4.79 Å². The number of rotatable bonds is 6. The van der Waals surface area contributed by atoms with Crippen LogP contribution in [0.1, 0.15) is 87.7 Å². The molecule has 3 aromatic rings. The summed E-state index contributed by atoms with van der Waals surface area (Å²) in [5.74, 6) is -0.884. The second-order valence-electron chi connectivity index (χ2n) is 17.6. The first-order valence-corrected chi connectivity index (χ1v) is 20.7. The number of aliphatic hydroxyl groups is 1. The number of aromatic amines is 1. The lowest BCUT2D eigenvalue weighted by Crippen LogP contribution is -2.81. The molecule has 55 heavy (non-hydrogen) atoms. The third kappa shape index (κ3) is 4.75. The summed E-state index contributed by atoms with van der Waals surface area (Å²) in [7, 11) is 3.34. The number of carbonyl (C=O) groups excluding carboxylic acids is 2. The van der Waals surface area contributed by atoms with Gasteiger partial charge in [0.05, 0.1) is 13.2 Å². The molecule has 1 saturated heterocycles. The number of hydrogen-bond acceptors (Lipinski definition) is 8. The van der Waals surface area contributed by atoms with E-state index in [1.54, 1.807) is 0 Å². The van der Waals surface area contributed by atoms with Gasteiger partial charge in [-0.1, -0.05) is 68.8 Å². The molecule has 2 N–H and O–H groups in total. The van der Waals surface area contributed by atoms with Crippen LogP contribution in [0.25, 0.3) is 10.9 Å². The number of methoxy groups -OCH3 is 1. The highest BCUT2D eigenvalue weighted by Gasteiger charge is 2.80. The predicted octanol–water partition coefficient (Wildman–Crippen LogP) is 6.33. The molecule has 1 saturated carbocycles. The standard InChI is InChI=1S/C46H58N4O5/c1-8-30-23-31-25-44(10-3,38-33(16-20-49(26-30)27-31)32-14-11-12-15-36(32)47-38)34-24-35-37(22-28(34)4)48(6)40-45(35)18-21-50-19-13-17-43(9-2,39(45)50)41(55-29(5)51)46(40,53)42(52)54-7/h11-15,17,22-24,31,39-41,47,53H,8-10,16,18-21,25-27H2,1-7H3/t31-,39-,40?,41+,43+,44+,45+,46-/m0/s1. The van der Waals surface area contributed by atoms with E-state index in [1.807, 2.05) is 7.05 Å². The number of carbonyl (C=O) groups is 2. The highest BCUT2D eigenvalue weighted by molar-refractivity contribution is 5.88. The number of aromatic nitrogens is 1.